The van der Waals surface area contributed by atoms with E-state index in [0.717, 1.165) is 17.7 Å². The Bertz CT molecular complexity index is 463. The molecule has 0 radical (unpaired) electrons. The molecular weight excluding hydrogens is 282 g/mol. The molecule has 2 amide bonds. The SMILES string of the molecule is O=C1CCCN1CC(=O)N1CC(F)(F)C(O)C12CCCC2. The van der Waals surface area contributed by atoms with Gasteiger partial charge in [-0.15, -0.1) is 0 Å². The highest BCUT2D eigenvalue weighted by atomic mass is 19.3. The molecule has 1 unspecified atom stereocenters. The van der Waals surface area contributed by atoms with Crippen molar-refractivity contribution in [2.45, 2.75) is 56.1 Å². The van der Waals surface area contributed by atoms with Crippen LogP contribution >= 0.6 is 0 Å². The molecule has 118 valence electrons. The third-order valence-electron chi connectivity index (χ3n) is 5.08. The number of likely N-dealkylation sites (tertiary alicyclic amines) is 2. The molecule has 1 spiro atoms. The van der Waals surface area contributed by atoms with Crippen LogP contribution in [0.25, 0.3) is 0 Å². The fraction of sp³-hybridized carbons (Fsp3) is 0.857. The van der Waals surface area contributed by atoms with E-state index in [0.29, 0.717) is 32.2 Å². The van der Waals surface area contributed by atoms with Crippen LogP contribution in [0.1, 0.15) is 38.5 Å². The molecule has 0 aromatic heterocycles. The smallest absolute Gasteiger partial charge is 0.292 e. The van der Waals surface area contributed by atoms with Crippen LogP contribution in [-0.4, -0.2) is 63.9 Å². The van der Waals surface area contributed by atoms with Gasteiger partial charge in [0.05, 0.1) is 18.6 Å². The van der Waals surface area contributed by atoms with Crippen molar-refractivity contribution < 1.29 is 23.5 Å². The van der Waals surface area contributed by atoms with E-state index < -0.39 is 30.0 Å². The molecule has 1 atom stereocenters. The lowest BCUT2D eigenvalue weighted by Crippen LogP contribution is -2.54. The van der Waals surface area contributed by atoms with E-state index in [2.05, 4.69) is 0 Å². The Kier molecular flexibility index (Phi) is 3.43. The molecule has 1 N–H and O–H groups in total. The van der Waals surface area contributed by atoms with Crippen LogP contribution in [0.3, 0.4) is 0 Å². The van der Waals surface area contributed by atoms with Crippen molar-refractivity contribution >= 4 is 11.8 Å². The van der Waals surface area contributed by atoms with Crippen molar-refractivity contribution in [3.05, 3.63) is 0 Å². The number of hydrogen-bond acceptors (Lipinski definition) is 3. The molecule has 21 heavy (non-hydrogen) atoms. The van der Waals surface area contributed by atoms with E-state index in [1.165, 1.54) is 4.90 Å². The van der Waals surface area contributed by atoms with Gasteiger partial charge >= 0.3 is 0 Å². The van der Waals surface area contributed by atoms with E-state index >= 15 is 0 Å². The van der Waals surface area contributed by atoms with Crippen LogP contribution in [0.4, 0.5) is 8.78 Å². The summed E-state index contributed by atoms with van der Waals surface area (Å²) in [6.07, 6.45) is 1.60. The number of carbonyl (C=O) groups is 2. The molecule has 2 heterocycles. The summed E-state index contributed by atoms with van der Waals surface area (Å²) < 4.78 is 27.8. The molecule has 5 nitrogen and oxygen atoms in total. The predicted molar refractivity (Wildman–Crippen MR) is 69.7 cm³/mol. The van der Waals surface area contributed by atoms with Gasteiger partial charge in [0.1, 0.15) is 6.10 Å². The maximum atomic E-state index is 13.9. The summed E-state index contributed by atoms with van der Waals surface area (Å²) in [4.78, 5) is 26.6. The van der Waals surface area contributed by atoms with Gasteiger partial charge in [-0.05, 0) is 19.3 Å². The highest BCUT2D eigenvalue weighted by molar-refractivity contribution is 5.86. The molecule has 0 aromatic rings. The first-order valence-corrected chi connectivity index (χ1v) is 7.51. The van der Waals surface area contributed by atoms with E-state index in [9.17, 15) is 23.5 Å². The second-order valence-electron chi connectivity index (χ2n) is 6.37. The number of aliphatic hydroxyl groups is 1. The number of alkyl halides is 2. The summed E-state index contributed by atoms with van der Waals surface area (Å²) >= 11 is 0. The molecule has 1 saturated carbocycles. The number of rotatable bonds is 2. The summed E-state index contributed by atoms with van der Waals surface area (Å²) in [7, 11) is 0. The molecule has 7 heteroatoms. The molecule has 0 bridgehead atoms. The standard InChI is InChI=1S/C14H20F2N2O3/c15-14(16)9-18(13(12(14)21)5-1-2-6-13)11(20)8-17-7-3-4-10(17)19/h12,21H,1-9H2. The van der Waals surface area contributed by atoms with Gasteiger partial charge in [0.2, 0.25) is 11.8 Å². The second-order valence-corrected chi connectivity index (χ2v) is 6.37. The lowest BCUT2D eigenvalue weighted by Gasteiger charge is -2.37. The summed E-state index contributed by atoms with van der Waals surface area (Å²) in [5.41, 5.74) is -1.14. The first-order chi connectivity index (χ1) is 9.87. The zero-order valence-corrected chi connectivity index (χ0v) is 11.9. The third kappa shape index (κ3) is 2.22. The van der Waals surface area contributed by atoms with Gasteiger partial charge < -0.3 is 14.9 Å². The van der Waals surface area contributed by atoms with Crippen LogP contribution in [0.15, 0.2) is 0 Å². The molecular formula is C14H20F2N2O3. The average molecular weight is 302 g/mol. The maximum Gasteiger partial charge on any atom is 0.292 e. The topological polar surface area (TPSA) is 60.9 Å². The monoisotopic (exact) mass is 302 g/mol. The van der Waals surface area contributed by atoms with Crippen molar-refractivity contribution in [3.8, 4) is 0 Å². The van der Waals surface area contributed by atoms with E-state index in [1.54, 1.807) is 0 Å². The lowest BCUT2D eigenvalue weighted by molar-refractivity contribution is -0.142. The van der Waals surface area contributed by atoms with E-state index in [1.807, 2.05) is 0 Å². The Labute approximate surface area is 121 Å². The van der Waals surface area contributed by atoms with Crippen molar-refractivity contribution in [2.24, 2.45) is 0 Å². The molecule has 1 aliphatic carbocycles. The number of carbonyl (C=O) groups excluding carboxylic acids is 2. The summed E-state index contributed by atoms with van der Waals surface area (Å²) in [6.45, 7) is -0.386. The van der Waals surface area contributed by atoms with Gasteiger partial charge in [-0.1, -0.05) is 12.8 Å². The lowest BCUT2D eigenvalue weighted by atomic mass is 9.90. The van der Waals surface area contributed by atoms with Crippen LogP contribution in [0, 0.1) is 0 Å². The number of amides is 2. The molecule has 3 fully saturated rings. The Morgan fingerprint density at radius 2 is 1.95 bits per heavy atom. The largest absolute Gasteiger partial charge is 0.384 e. The zero-order chi connectivity index (χ0) is 15.3. The summed E-state index contributed by atoms with van der Waals surface area (Å²) in [5.74, 6) is -3.84. The van der Waals surface area contributed by atoms with Gasteiger partial charge in [0.15, 0.2) is 0 Å². The fourth-order valence-corrected chi connectivity index (χ4v) is 3.98. The molecule has 3 aliphatic rings. The minimum absolute atomic E-state index is 0.102. The number of hydrogen-bond donors (Lipinski definition) is 1. The average Bonchev–Trinajstić information content (AvgIpc) is 3.09. The number of halogens is 2. The summed E-state index contributed by atoms with van der Waals surface area (Å²) in [6, 6.07) is 0. The Balaban J connectivity index is 1.79. The highest BCUT2D eigenvalue weighted by Gasteiger charge is 2.64. The van der Waals surface area contributed by atoms with Crippen molar-refractivity contribution in [1.29, 1.82) is 0 Å². The molecule has 2 aliphatic heterocycles. The first kappa shape index (κ1) is 14.7. The molecule has 3 rings (SSSR count). The van der Waals surface area contributed by atoms with E-state index in [-0.39, 0.29) is 12.5 Å². The maximum absolute atomic E-state index is 13.9. The fourth-order valence-electron chi connectivity index (χ4n) is 3.98. The Morgan fingerprint density at radius 3 is 2.52 bits per heavy atom. The Morgan fingerprint density at radius 1 is 1.29 bits per heavy atom. The van der Waals surface area contributed by atoms with Crippen LogP contribution in [0.5, 0.6) is 0 Å². The summed E-state index contributed by atoms with van der Waals surface area (Å²) in [5, 5.41) is 10.0. The highest BCUT2D eigenvalue weighted by Crippen LogP contribution is 2.48. The first-order valence-electron chi connectivity index (χ1n) is 7.51. The van der Waals surface area contributed by atoms with Gasteiger partial charge in [0.25, 0.3) is 5.92 Å². The predicted octanol–water partition coefficient (Wildman–Crippen LogP) is 0.760. The third-order valence-corrected chi connectivity index (χ3v) is 5.08. The van der Waals surface area contributed by atoms with Crippen molar-refractivity contribution in [2.75, 3.05) is 19.6 Å². The van der Waals surface area contributed by atoms with Crippen molar-refractivity contribution in [3.63, 3.8) is 0 Å². The number of aliphatic hydroxyl groups excluding tert-OH is 1. The second kappa shape index (κ2) is 4.90. The van der Waals surface area contributed by atoms with Gasteiger partial charge in [-0.3, -0.25) is 9.59 Å². The van der Waals surface area contributed by atoms with Gasteiger partial charge in [-0.25, -0.2) is 8.78 Å². The Hall–Kier alpha value is -1.24. The van der Waals surface area contributed by atoms with Gasteiger partial charge in [-0.2, -0.15) is 0 Å². The minimum Gasteiger partial charge on any atom is -0.384 e. The quantitative estimate of drug-likeness (QED) is 0.819. The van der Waals surface area contributed by atoms with Crippen molar-refractivity contribution in [1.82, 2.24) is 9.80 Å². The molecule has 2 saturated heterocycles. The van der Waals surface area contributed by atoms with Gasteiger partial charge in [0, 0.05) is 13.0 Å². The minimum atomic E-state index is -3.27. The van der Waals surface area contributed by atoms with Crippen LogP contribution in [0.2, 0.25) is 0 Å². The zero-order valence-electron chi connectivity index (χ0n) is 11.9. The molecule has 0 aromatic carbocycles. The van der Waals surface area contributed by atoms with Crippen LogP contribution < -0.4 is 0 Å². The number of nitrogens with zero attached hydrogens (tertiary/aromatic N) is 2. The normalized spacial score (nSPS) is 30.6. The van der Waals surface area contributed by atoms with Crippen LogP contribution in [-0.2, 0) is 9.59 Å². The van der Waals surface area contributed by atoms with E-state index in [4.69, 9.17) is 0 Å².